The molecule has 2 heteroatoms. The van der Waals surface area contributed by atoms with Gasteiger partial charge in [0.2, 0.25) is 0 Å². The van der Waals surface area contributed by atoms with Crippen LogP contribution in [0.4, 0.5) is 5.69 Å². The third-order valence-electron chi connectivity index (χ3n) is 12.4. The Bertz CT molecular complexity index is 2960. The predicted molar refractivity (Wildman–Crippen MR) is 220 cm³/mol. The monoisotopic (exact) mass is 673 g/mol. The second-order valence-electron chi connectivity index (χ2n) is 14.8. The summed E-state index contributed by atoms with van der Waals surface area (Å²) in [4.78, 5) is 0. The highest BCUT2D eigenvalue weighted by Crippen LogP contribution is 2.67. The quantitative estimate of drug-likeness (QED) is 0.167. The van der Waals surface area contributed by atoms with Crippen molar-refractivity contribution in [3.05, 3.63) is 215 Å². The molecule has 0 fully saturated rings. The summed E-state index contributed by atoms with van der Waals surface area (Å²) < 4.78 is 0. The van der Waals surface area contributed by atoms with Crippen molar-refractivity contribution in [2.75, 3.05) is 7.05 Å². The van der Waals surface area contributed by atoms with Gasteiger partial charge in [-0.2, -0.15) is 0 Å². The highest BCUT2D eigenvalue weighted by atomic mass is 15.5. The molecule has 1 spiro atoms. The molecule has 1 heterocycles. The lowest BCUT2D eigenvalue weighted by Crippen LogP contribution is -2.26. The van der Waals surface area contributed by atoms with Gasteiger partial charge >= 0.3 is 0 Å². The molecule has 248 valence electrons. The van der Waals surface area contributed by atoms with Crippen LogP contribution in [0.15, 0.2) is 176 Å². The number of fused-ring (bicyclic) bond motifs is 18. The first-order valence-corrected chi connectivity index (χ1v) is 18.6. The molecule has 2 nitrogen and oxygen atoms in total. The maximum atomic E-state index is 4.84. The van der Waals surface area contributed by atoms with Crippen molar-refractivity contribution in [1.82, 2.24) is 5.01 Å². The fourth-order valence-electron chi connectivity index (χ4n) is 10.4. The van der Waals surface area contributed by atoms with Crippen LogP contribution in [0.25, 0.3) is 71.1 Å². The molecular weight excluding hydrogens is 641 g/mol. The molecular formula is C51H33N2-. The minimum Gasteiger partial charge on any atom is -0.619 e. The lowest BCUT2D eigenvalue weighted by Gasteiger charge is -2.33. The molecule has 1 unspecified atom stereocenters. The Kier molecular flexibility index (Phi) is 5.79. The van der Waals surface area contributed by atoms with Crippen LogP contribution in [0.1, 0.15) is 39.4 Å². The van der Waals surface area contributed by atoms with Crippen LogP contribution >= 0.6 is 0 Å². The van der Waals surface area contributed by atoms with Crippen molar-refractivity contribution in [3.63, 3.8) is 0 Å². The van der Waals surface area contributed by atoms with Gasteiger partial charge in [-0.3, -0.25) is 0 Å². The van der Waals surface area contributed by atoms with E-state index in [1.807, 2.05) is 0 Å². The van der Waals surface area contributed by atoms with E-state index in [4.69, 9.17) is 5.43 Å². The predicted octanol–water partition coefficient (Wildman–Crippen LogP) is 13.1. The van der Waals surface area contributed by atoms with E-state index >= 15 is 0 Å². The average Bonchev–Trinajstić information content (AvgIpc) is 3.83. The summed E-state index contributed by atoms with van der Waals surface area (Å²) in [6.45, 7) is 0. The molecule has 0 amide bonds. The van der Waals surface area contributed by atoms with Crippen LogP contribution < -0.4 is 0 Å². The summed E-state index contributed by atoms with van der Waals surface area (Å²) in [7, 11) is 2.08. The molecule has 2 aliphatic carbocycles. The van der Waals surface area contributed by atoms with Crippen molar-refractivity contribution in [2.45, 2.75) is 11.5 Å². The van der Waals surface area contributed by atoms with Gasteiger partial charge in [0.25, 0.3) is 0 Å². The third kappa shape index (κ3) is 3.66. The molecule has 3 aliphatic rings. The summed E-state index contributed by atoms with van der Waals surface area (Å²) in [6, 6.07) is 66.0. The van der Waals surface area contributed by atoms with Gasteiger partial charge in [0.05, 0.1) is 5.41 Å². The van der Waals surface area contributed by atoms with Gasteiger partial charge in [-0.15, -0.1) is 5.69 Å². The SMILES string of the molecule is CN1[N-]c2ccccc2C1c1ccc(-c2cc3c(c4ccccc24)C2(c4ccccc4-c4ccccc42)c2c-3c3ccccc3c3ccccc23)cc1. The summed E-state index contributed by atoms with van der Waals surface area (Å²) >= 11 is 0. The zero-order valence-electron chi connectivity index (χ0n) is 29.2. The maximum Gasteiger partial charge on any atom is 0.0737 e. The number of rotatable bonds is 2. The van der Waals surface area contributed by atoms with E-state index < -0.39 is 5.41 Å². The molecule has 9 aromatic rings. The Hall–Kier alpha value is -6.48. The fourth-order valence-corrected chi connectivity index (χ4v) is 10.4. The summed E-state index contributed by atoms with van der Waals surface area (Å²) in [5.74, 6) is 0. The lowest BCUT2D eigenvalue weighted by atomic mass is 9.68. The average molecular weight is 674 g/mol. The molecule has 0 saturated heterocycles. The molecule has 9 aromatic carbocycles. The van der Waals surface area contributed by atoms with E-state index in [2.05, 4.69) is 188 Å². The number of hydrogen-bond acceptors (Lipinski definition) is 1. The van der Waals surface area contributed by atoms with E-state index in [1.54, 1.807) is 0 Å². The molecule has 0 bridgehead atoms. The summed E-state index contributed by atoms with van der Waals surface area (Å²) in [6.07, 6.45) is 0. The molecule has 1 atom stereocenters. The largest absolute Gasteiger partial charge is 0.619 e. The molecule has 0 saturated carbocycles. The van der Waals surface area contributed by atoms with Crippen LogP contribution in [0, 0.1) is 0 Å². The Morgan fingerprint density at radius 2 is 0.981 bits per heavy atom. The normalized spacial score (nSPS) is 16.1. The van der Waals surface area contributed by atoms with Crippen molar-refractivity contribution < 1.29 is 0 Å². The Labute approximate surface area is 308 Å². The topological polar surface area (TPSA) is 17.3 Å². The minimum atomic E-state index is -0.479. The summed E-state index contributed by atoms with van der Waals surface area (Å²) in [5, 5.41) is 9.92. The van der Waals surface area contributed by atoms with Gasteiger partial charge < -0.3 is 10.4 Å². The van der Waals surface area contributed by atoms with Crippen LogP contribution in [-0.2, 0) is 5.41 Å². The van der Waals surface area contributed by atoms with E-state index in [9.17, 15) is 0 Å². The van der Waals surface area contributed by atoms with Crippen LogP contribution in [0.2, 0.25) is 0 Å². The smallest absolute Gasteiger partial charge is 0.0737 e. The molecule has 1 aliphatic heterocycles. The zero-order valence-corrected chi connectivity index (χ0v) is 29.2. The maximum absolute atomic E-state index is 4.84. The Balaban J connectivity index is 1.20. The first kappa shape index (κ1) is 29.1. The van der Waals surface area contributed by atoms with Crippen molar-refractivity contribution >= 4 is 38.0 Å². The van der Waals surface area contributed by atoms with Crippen LogP contribution in [-0.4, -0.2) is 12.1 Å². The third-order valence-corrected chi connectivity index (χ3v) is 12.4. The second-order valence-corrected chi connectivity index (χ2v) is 14.8. The molecule has 0 radical (unpaired) electrons. The Morgan fingerprint density at radius 3 is 1.68 bits per heavy atom. The molecule has 0 N–H and O–H groups in total. The van der Waals surface area contributed by atoms with E-state index in [0.29, 0.717) is 0 Å². The number of hydrogen-bond donors (Lipinski definition) is 0. The van der Waals surface area contributed by atoms with Gasteiger partial charge in [0.15, 0.2) is 0 Å². The second kappa shape index (κ2) is 10.5. The van der Waals surface area contributed by atoms with Crippen molar-refractivity contribution in [1.29, 1.82) is 0 Å². The van der Waals surface area contributed by atoms with Crippen molar-refractivity contribution in [2.24, 2.45) is 0 Å². The van der Waals surface area contributed by atoms with Crippen LogP contribution in [0.5, 0.6) is 0 Å². The van der Waals surface area contributed by atoms with Gasteiger partial charge in [-0.25, -0.2) is 0 Å². The zero-order chi connectivity index (χ0) is 34.8. The number of benzene rings is 9. The Morgan fingerprint density at radius 1 is 0.453 bits per heavy atom. The van der Waals surface area contributed by atoms with Crippen LogP contribution in [0.3, 0.4) is 0 Å². The van der Waals surface area contributed by atoms with Gasteiger partial charge in [-0.05, 0) is 112 Å². The van der Waals surface area contributed by atoms with Gasteiger partial charge in [-0.1, -0.05) is 170 Å². The van der Waals surface area contributed by atoms with Crippen molar-refractivity contribution in [3.8, 4) is 33.4 Å². The van der Waals surface area contributed by atoms with E-state index in [1.165, 1.54) is 99.1 Å². The highest BCUT2D eigenvalue weighted by molar-refractivity contribution is 6.22. The molecule has 12 rings (SSSR count). The minimum absolute atomic E-state index is 0.103. The van der Waals surface area contributed by atoms with E-state index in [0.717, 1.165) is 5.69 Å². The first-order chi connectivity index (χ1) is 26.2. The molecule has 53 heavy (non-hydrogen) atoms. The number of nitrogens with zero attached hydrogens (tertiary/aromatic N) is 2. The van der Waals surface area contributed by atoms with Gasteiger partial charge in [0.1, 0.15) is 0 Å². The van der Waals surface area contributed by atoms with E-state index in [-0.39, 0.29) is 6.04 Å². The molecule has 0 aromatic heterocycles. The van der Waals surface area contributed by atoms with Gasteiger partial charge in [0, 0.05) is 6.04 Å². The first-order valence-electron chi connectivity index (χ1n) is 18.6. The lowest BCUT2D eigenvalue weighted by molar-refractivity contribution is 0.390. The summed E-state index contributed by atoms with van der Waals surface area (Å²) in [5.41, 5.74) is 21.3. The standard InChI is InChI=1S/C51H33N2/c1-53-50(41-22-10-13-25-46(41)52-53)32-28-26-31(27-29-32)42-30-43-47-38-19-5-2-14-33(38)34-15-3-7-21-40(34)49(47)51(48(43)39-20-6-4-16-35(39)42)44-23-11-8-17-36(44)37-18-9-12-24-45(37)51/h2-30,50H,1H3/q-1. The highest BCUT2D eigenvalue weighted by Gasteiger charge is 2.54. The fraction of sp³-hybridized carbons (Fsp3) is 0.0588.